The Balaban J connectivity index is 0.00000312. The Morgan fingerprint density at radius 2 is 2.00 bits per heavy atom. The van der Waals surface area contributed by atoms with Crippen LogP contribution in [0.25, 0.3) is 0 Å². The monoisotopic (exact) mass is 484 g/mol. The molecule has 2 aliphatic rings. The first kappa shape index (κ1) is 23.3. The number of hydrogen-bond donors (Lipinski definition) is 1. The van der Waals surface area contributed by atoms with Crippen LogP contribution in [0.5, 0.6) is 0 Å². The van der Waals surface area contributed by atoms with Crippen LogP contribution < -0.4 is 5.32 Å². The molecule has 0 bridgehead atoms. The maximum atomic E-state index is 5.55. The van der Waals surface area contributed by atoms with Crippen molar-refractivity contribution in [2.45, 2.75) is 37.9 Å². The van der Waals surface area contributed by atoms with Gasteiger partial charge in [-0.15, -0.1) is 24.0 Å². The van der Waals surface area contributed by atoms with Gasteiger partial charge in [0.25, 0.3) is 0 Å². The number of ether oxygens (including phenoxy) is 1. The first-order valence-electron chi connectivity index (χ1n) is 9.47. The van der Waals surface area contributed by atoms with Gasteiger partial charge in [-0.05, 0) is 44.5 Å². The summed E-state index contributed by atoms with van der Waals surface area (Å²) >= 11 is 1.98. The van der Waals surface area contributed by atoms with E-state index in [9.17, 15) is 0 Å². The van der Waals surface area contributed by atoms with Crippen LogP contribution in [0.2, 0.25) is 0 Å². The normalized spacial score (nSPS) is 23.6. The Hall–Kier alpha value is 0.270. The molecule has 2 fully saturated rings. The maximum absolute atomic E-state index is 5.55. The third kappa shape index (κ3) is 6.74. The lowest BCUT2D eigenvalue weighted by molar-refractivity contribution is 0.0781. The zero-order valence-electron chi connectivity index (χ0n) is 16.4. The second-order valence-electron chi connectivity index (χ2n) is 6.99. The Bertz CT molecular complexity index is 401. The zero-order valence-corrected chi connectivity index (χ0v) is 19.6. The van der Waals surface area contributed by atoms with E-state index in [0.717, 1.165) is 70.7 Å². The quantitative estimate of drug-likeness (QED) is 0.342. The van der Waals surface area contributed by atoms with E-state index in [4.69, 9.17) is 4.74 Å². The number of halogens is 1. The second kappa shape index (κ2) is 11.9. The molecule has 0 saturated carbocycles. The highest BCUT2D eigenvalue weighted by Gasteiger charge is 2.33. The van der Waals surface area contributed by atoms with Crippen molar-refractivity contribution >= 4 is 41.7 Å². The predicted octanol–water partition coefficient (Wildman–Crippen LogP) is 2.76. The molecule has 0 aromatic carbocycles. The van der Waals surface area contributed by atoms with E-state index >= 15 is 0 Å². The lowest BCUT2D eigenvalue weighted by Crippen LogP contribution is -2.48. The minimum atomic E-state index is 0. The van der Waals surface area contributed by atoms with Crippen LogP contribution >= 0.6 is 35.7 Å². The summed E-state index contributed by atoms with van der Waals surface area (Å²) in [5, 5.41) is 3.66. The number of thioether (sulfide) groups is 1. The first-order valence-corrected chi connectivity index (χ1v) is 10.7. The summed E-state index contributed by atoms with van der Waals surface area (Å²) in [6.45, 7) is 13.0. The number of likely N-dealkylation sites (tertiary alicyclic amines) is 1. The highest BCUT2D eigenvalue weighted by atomic mass is 127. The van der Waals surface area contributed by atoms with Gasteiger partial charge in [0.2, 0.25) is 0 Å². The van der Waals surface area contributed by atoms with Crippen LogP contribution in [0, 0.1) is 5.92 Å². The van der Waals surface area contributed by atoms with Crippen LogP contribution in [-0.2, 0) is 4.74 Å². The van der Waals surface area contributed by atoms with Gasteiger partial charge in [-0.25, -0.2) is 0 Å². The minimum absolute atomic E-state index is 0. The Kier molecular flexibility index (Phi) is 11.1. The molecule has 2 heterocycles. The van der Waals surface area contributed by atoms with Crippen molar-refractivity contribution in [2.24, 2.45) is 10.9 Å². The van der Waals surface area contributed by atoms with Crippen LogP contribution in [-0.4, -0.2) is 86.3 Å². The van der Waals surface area contributed by atoms with Crippen LogP contribution in [0.15, 0.2) is 4.99 Å². The van der Waals surface area contributed by atoms with E-state index in [1.165, 1.54) is 13.0 Å². The van der Waals surface area contributed by atoms with Crippen LogP contribution in [0.3, 0.4) is 0 Å². The summed E-state index contributed by atoms with van der Waals surface area (Å²) in [5.74, 6) is 1.85. The van der Waals surface area contributed by atoms with Gasteiger partial charge in [0.05, 0.1) is 0 Å². The first-order chi connectivity index (χ1) is 11.7. The zero-order chi connectivity index (χ0) is 17.4. The molecule has 2 rings (SSSR count). The van der Waals surface area contributed by atoms with Crippen molar-refractivity contribution in [3.8, 4) is 0 Å². The minimum Gasteiger partial charge on any atom is -0.381 e. The van der Waals surface area contributed by atoms with E-state index in [2.05, 4.69) is 40.2 Å². The van der Waals surface area contributed by atoms with E-state index in [-0.39, 0.29) is 24.0 Å². The van der Waals surface area contributed by atoms with Gasteiger partial charge in [0, 0.05) is 51.2 Å². The Morgan fingerprint density at radius 1 is 1.32 bits per heavy atom. The number of nitrogens with one attached hydrogen (secondary N) is 1. The molecule has 2 aliphatic heterocycles. The van der Waals surface area contributed by atoms with Crippen LogP contribution in [0.1, 0.15) is 33.1 Å². The van der Waals surface area contributed by atoms with Crippen molar-refractivity contribution in [3.05, 3.63) is 0 Å². The van der Waals surface area contributed by atoms with Gasteiger partial charge in [0.1, 0.15) is 0 Å². The van der Waals surface area contributed by atoms with Gasteiger partial charge in [-0.2, -0.15) is 11.8 Å². The topological polar surface area (TPSA) is 40.1 Å². The smallest absolute Gasteiger partial charge is 0.193 e. The Labute approximate surface area is 175 Å². The molecule has 0 spiro atoms. The fraction of sp³-hybridized carbons (Fsp3) is 0.944. The van der Waals surface area contributed by atoms with Crippen LogP contribution in [0.4, 0.5) is 0 Å². The fourth-order valence-corrected chi connectivity index (χ4v) is 4.58. The number of rotatable bonds is 7. The van der Waals surface area contributed by atoms with E-state index < -0.39 is 0 Å². The molecule has 0 radical (unpaired) electrons. The molecule has 1 unspecified atom stereocenters. The van der Waals surface area contributed by atoms with E-state index in [1.807, 2.05) is 18.8 Å². The SMILES string of the molecule is CCN(CC)CC1CCN(C(=NC)NCC2(SC)CCOCC2)C1.I. The van der Waals surface area contributed by atoms with Crippen molar-refractivity contribution in [1.29, 1.82) is 0 Å². The third-order valence-electron chi connectivity index (χ3n) is 5.61. The van der Waals surface area contributed by atoms with Crippen molar-refractivity contribution in [2.75, 3.05) is 65.8 Å². The molecule has 25 heavy (non-hydrogen) atoms. The third-order valence-corrected chi connectivity index (χ3v) is 7.03. The average molecular weight is 484 g/mol. The number of hydrogen-bond acceptors (Lipinski definition) is 4. The van der Waals surface area contributed by atoms with Gasteiger partial charge >= 0.3 is 0 Å². The molecule has 0 aromatic rings. The lowest BCUT2D eigenvalue weighted by atomic mass is 9.99. The van der Waals surface area contributed by atoms with Crippen molar-refractivity contribution in [3.63, 3.8) is 0 Å². The molecule has 0 aliphatic carbocycles. The number of nitrogens with zero attached hydrogens (tertiary/aromatic N) is 3. The molecule has 148 valence electrons. The highest BCUT2D eigenvalue weighted by molar-refractivity contribution is 14.0. The molecule has 0 amide bonds. The number of aliphatic imine (C=N–C) groups is 1. The lowest BCUT2D eigenvalue weighted by Gasteiger charge is -2.37. The maximum Gasteiger partial charge on any atom is 0.193 e. The van der Waals surface area contributed by atoms with E-state index in [0.29, 0.717) is 4.75 Å². The van der Waals surface area contributed by atoms with Gasteiger partial charge in [-0.3, -0.25) is 4.99 Å². The molecular formula is C18H37IN4OS. The van der Waals surface area contributed by atoms with Crippen molar-refractivity contribution < 1.29 is 4.74 Å². The summed E-state index contributed by atoms with van der Waals surface area (Å²) in [4.78, 5) is 9.53. The second-order valence-corrected chi connectivity index (χ2v) is 8.26. The van der Waals surface area contributed by atoms with Crippen molar-refractivity contribution in [1.82, 2.24) is 15.1 Å². The molecule has 7 heteroatoms. The fourth-order valence-electron chi connectivity index (χ4n) is 3.79. The summed E-state index contributed by atoms with van der Waals surface area (Å²) in [7, 11) is 1.91. The van der Waals surface area contributed by atoms with Gasteiger partial charge < -0.3 is 19.9 Å². The summed E-state index contributed by atoms with van der Waals surface area (Å²) in [6, 6.07) is 0. The molecule has 2 saturated heterocycles. The largest absolute Gasteiger partial charge is 0.381 e. The molecule has 1 N–H and O–H groups in total. The van der Waals surface area contributed by atoms with E-state index in [1.54, 1.807) is 0 Å². The summed E-state index contributed by atoms with van der Waals surface area (Å²) in [5.41, 5.74) is 0. The molecular weight excluding hydrogens is 447 g/mol. The standard InChI is InChI=1S/C18H36N4OS.HI/c1-5-21(6-2)13-16-7-10-22(14-16)17(19-3)20-15-18(24-4)8-11-23-12-9-18;/h16H,5-15H2,1-4H3,(H,19,20);1H. The predicted molar refractivity (Wildman–Crippen MR) is 121 cm³/mol. The van der Waals surface area contributed by atoms with Gasteiger partial charge in [0.15, 0.2) is 5.96 Å². The number of guanidine groups is 1. The van der Waals surface area contributed by atoms with Gasteiger partial charge in [-0.1, -0.05) is 13.8 Å². The average Bonchev–Trinajstić information content (AvgIpc) is 3.09. The molecule has 1 atom stereocenters. The summed E-state index contributed by atoms with van der Waals surface area (Å²) in [6.07, 6.45) is 5.76. The molecule has 0 aromatic heterocycles. The molecule has 5 nitrogen and oxygen atoms in total. The summed E-state index contributed by atoms with van der Waals surface area (Å²) < 4.78 is 5.85. The Morgan fingerprint density at radius 3 is 2.56 bits per heavy atom. The highest BCUT2D eigenvalue weighted by Crippen LogP contribution is 2.33.